The maximum atomic E-state index is 6.48. The van der Waals surface area contributed by atoms with Crippen LogP contribution >= 0.6 is 0 Å². The molecule has 2 N–H and O–H groups in total. The standard InChI is InChI=1S/C17H34N2/c1-12-6-7-13(2)19(11-12)16-10-14(17(3,4)5)8-9-15(16)18/h12-16H,6-11,18H2,1-5H3. The first-order chi connectivity index (χ1) is 8.79. The van der Waals surface area contributed by atoms with Crippen molar-refractivity contribution in [1.29, 1.82) is 0 Å². The van der Waals surface area contributed by atoms with Crippen molar-refractivity contribution in [2.75, 3.05) is 6.54 Å². The third-order valence-corrected chi connectivity index (χ3v) is 5.69. The van der Waals surface area contributed by atoms with Gasteiger partial charge in [0, 0.05) is 24.7 Å². The van der Waals surface area contributed by atoms with Gasteiger partial charge >= 0.3 is 0 Å². The number of nitrogens with two attached hydrogens (primary N) is 1. The molecule has 0 radical (unpaired) electrons. The normalized spacial score (nSPS) is 42.3. The van der Waals surface area contributed by atoms with Crippen molar-refractivity contribution >= 4 is 0 Å². The van der Waals surface area contributed by atoms with E-state index in [1.165, 1.54) is 38.6 Å². The molecule has 0 aromatic rings. The van der Waals surface area contributed by atoms with E-state index in [4.69, 9.17) is 5.73 Å². The Morgan fingerprint density at radius 1 is 1.00 bits per heavy atom. The fourth-order valence-corrected chi connectivity index (χ4v) is 4.12. The fourth-order valence-electron chi connectivity index (χ4n) is 4.12. The summed E-state index contributed by atoms with van der Waals surface area (Å²) in [5, 5.41) is 0. The highest BCUT2D eigenvalue weighted by atomic mass is 15.2. The van der Waals surface area contributed by atoms with Crippen LogP contribution in [0.1, 0.15) is 66.7 Å². The lowest BCUT2D eigenvalue weighted by Crippen LogP contribution is -2.57. The predicted molar refractivity (Wildman–Crippen MR) is 83.1 cm³/mol. The molecule has 2 heteroatoms. The molecule has 1 heterocycles. The third kappa shape index (κ3) is 3.52. The van der Waals surface area contributed by atoms with Crippen molar-refractivity contribution in [3.63, 3.8) is 0 Å². The zero-order valence-corrected chi connectivity index (χ0v) is 13.7. The Hall–Kier alpha value is -0.0800. The van der Waals surface area contributed by atoms with Gasteiger partial charge in [-0.1, -0.05) is 27.7 Å². The first-order valence-corrected chi connectivity index (χ1v) is 8.30. The first kappa shape index (κ1) is 15.3. The van der Waals surface area contributed by atoms with E-state index < -0.39 is 0 Å². The van der Waals surface area contributed by atoms with Crippen LogP contribution in [0, 0.1) is 17.3 Å². The highest BCUT2D eigenvalue weighted by Gasteiger charge is 2.39. The molecule has 0 aromatic heterocycles. The van der Waals surface area contributed by atoms with E-state index in [2.05, 4.69) is 39.5 Å². The molecule has 19 heavy (non-hydrogen) atoms. The van der Waals surface area contributed by atoms with Crippen molar-refractivity contribution < 1.29 is 0 Å². The lowest BCUT2D eigenvalue weighted by Gasteiger charge is -2.49. The van der Waals surface area contributed by atoms with E-state index in [9.17, 15) is 0 Å². The number of rotatable bonds is 1. The average molecular weight is 266 g/mol. The predicted octanol–water partition coefficient (Wildman–Crippen LogP) is 3.65. The fraction of sp³-hybridized carbons (Fsp3) is 1.00. The van der Waals surface area contributed by atoms with Gasteiger partial charge in [-0.3, -0.25) is 4.90 Å². The quantitative estimate of drug-likeness (QED) is 0.785. The maximum absolute atomic E-state index is 6.48. The van der Waals surface area contributed by atoms with E-state index in [0.717, 1.165) is 17.9 Å². The Morgan fingerprint density at radius 3 is 2.32 bits per heavy atom. The topological polar surface area (TPSA) is 29.3 Å². The van der Waals surface area contributed by atoms with Gasteiger partial charge in [0.1, 0.15) is 0 Å². The van der Waals surface area contributed by atoms with Crippen LogP contribution in [0.2, 0.25) is 0 Å². The van der Waals surface area contributed by atoms with Crippen LogP contribution in [0.3, 0.4) is 0 Å². The van der Waals surface area contributed by atoms with Gasteiger partial charge in [0.05, 0.1) is 0 Å². The van der Waals surface area contributed by atoms with Gasteiger partial charge in [-0.25, -0.2) is 0 Å². The average Bonchev–Trinajstić information content (AvgIpc) is 2.32. The van der Waals surface area contributed by atoms with Gasteiger partial charge in [-0.05, 0) is 56.3 Å². The Labute approximate surface area is 120 Å². The van der Waals surface area contributed by atoms with Crippen molar-refractivity contribution in [2.45, 2.75) is 84.8 Å². The molecule has 0 spiro atoms. The van der Waals surface area contributed by atoms with Gasteiger partial charge in [0.2, 0.25) is 0 Å². The Balaban J connectivity index is 2.07. The van der Waals surface area contributed by atoms with Gasteiger partial charge < -0.3 is 5.73 Å². The minimum atomic E-state index is 0.395. The molecule has 2 nitrogen and oxygen atoms in total. The summed E-state index contributed by atoms with van der Waals surface area (Å²) < 4.78 is 0. The summed E-state index contributed by atoms with van der Waals surface area (Å²) in [5.74, 6) is 1.68. The minimum absolute atomic E-state index is 0.395. The summed E-state index contributed by atoms with van der Waals surface area (Å²) in [4.78, 5) is 2.75. The van der Waals surface area contributed by atoms with Crippen LogP contribution in [0.4, 0.5) is 0 Å². The molecule has 1 saturated heterocycles. The third-order valence-electron chi connectivity index (χ3n) is 5.69. The van der Waals surface area contributed by atoms with Crippen molar-refractivity contribution in [2.24, 2.45) is 23.0 Å². The van der Waals surface area contributed by atoms with E-state index in [1.807, 2.05) is 0 Å². The van der Waals surface area contributed by atoms with E-state index in [-0.39, 0.29) is 0 Å². The molecule has 1 aliphatic heterocycles. The molecule has 5 atom stereocenters. The highest BCUT2D eigenvalue weighted by Crippen LogP contribution is 2.40. The summed E-state index contributed by atoms with van der Waals surface area (Å²) in [6, 6.07) is 1.74. The second kappa shape index (κ2) is 5.73. The highest BCUT2D eigenvalue weighted by molar-refractivity contribution is 4.95. The molecular weight excluding hydrogens is 232 g/mol. The molecular formula is C17H34N2. The Morgan fingerprint density at radius 2 is 1.68 bits per heavy atom. The van der Waals surface area contributed by atoms with E-state index in [0.29, 0.717) is 17.5 Å². The van der Waals surface area contributed by atoms with Crippen LogP contribution in [0.25, 0.3) is 0 Å². The number of hydrogen-bond donors (Lipinski definition) is 1. The van der Waals surface area contributed by atoms with Gasteiger partial charge in [0.15, 0.2) is 0 Å². The number of piperidine rings is 1. The lowest BCUT2D eigenvalue weighted by molar-refractivity contribution is 0.0157. The maximum Gasteiger partial charge on any atom is 0.0252 e. The first-order valence-electron chi connectivity index (χ1n) is 8.30. The summed E-state index contributed by atoms with van der Waals surface area (Å²) in [6.45, 7) is 13.2. The summed E-state index contributed by atoms with van der Waals surface area (Å²) >= 11 is 0. The van der Waals surface area contributed by atoms with Gasteiger partial charge in [-0.2, -0.15) is 0 Å². The Kier molecular flexibility index (Phi) is 4.62. The largest absolute Gasteiger partial charge is 0.326 e. The molecule has 0 amide bonds. The molecule has 0 aromatic carbocycles. The van der Waals surface area contributed by atoms with Crippen LogP contribution < -0.4 is 5.73 Å². The Bertz CT molecular complexity index is 294. The molecule has 112 valence electrons. The van der Waals surface area contributed by atoms with Crippen LogP contribution in [-0.4, -0.2) is 29.6 Å². The summed E-state index contributed by atoms with van der Waals surface area (Å²) in [7, 11) is 0. The molecule has 1 saturated carbocycles. The molecule has 5 unspecified atom stereocenters. The van der Waals surface area contributed by atoms with Crippen LogP contribution in [0.15, 0.2) is 0 Å². The van der Waals surface area contributed by atoms with Gasteiger partial charge in [0.25, 0.3) is 0 Å². The minimum Gasteiger partial charge on any atom is -0.326 e. The zero-order valence-electron chi connectivity index (χ0n) is 13.7. The number of nitrogens with zero attached hydrogens (tertiary/aromatic N) is 1. The van der Waals surface area contributed by atoms with E-state index >= 15 is 0 Å². The smallest absolute Gasteiger partial charge is 0.0252 e. The summed E-state index contributed by atoms with van der Waals surface area (Å²) in [6.07, 6.45) is 6.58. The lowest BCUT2D eigenvalue weighted by atomic mass is 9.69. The van der Waals surface area contributed by atoms with Gasteiger partial charge in [-0.15, -0.1) is 0 Å². The molecule has 2 aliphatic rings. The second-order valence-electron chi connectivity index (χ2n) is 8.34. The zero-order chi connectivity index (χ0) is 14.2. The van der Waals surface area contributed by atoms with Crippen LogP contribution in [-0.2, 0) is 0 Å². The van der Waals surface area contributed by atoms with Crippen molar-refractivity contribution in [1.82, 2.24) is 4.90 Å². The summed E-state index contributed by atoms with van der Waals surface area (Å²) in [5.41, 5.74) is 6.91. The number of likely N-dealkylation sites (tertiary alicyclic amines) is 1. The van der Waals surface area contributed by atoms with E-state index in [1.54, 1.807) is 0 Å². The van der Waals surface area contributed by atoms with Crippen LogP contribution in [0.5, 0.6) is 0 Å². The molecule has 2 fully saturated rings. The monoisotopic (exact) mass is 266 g/mol. The van der Waals surface area contributed by atoms with Crippen molar-refractivity contribution in [3.8, 4) is 0 Å². The molecule has 2 rings (SSSR count). The SMILES string of the molecule is CC1CCC(C)N(C2CC(C(C)(C)C)CCC2N)C1. The second-order valence-corrected chi connectivity index (χ2v) is 8.34. The molecule has 1 aliphatic carbocycles. The van der Waals surface area contributed by atoms with Crippen molar-refractivity contribution in [3.05, 3.63) is 0 Å². The molecule has 0 bridgehead atoms. The number of hydrogen-bond acceptors (Lipinski definition) is 2.